The van der Waals surface area contributed by atoms with Crippen LogP contribution in [-0.4, -0.2) is 15.6 Å². The first-order valence-corrected chi connectivity index (χ1v) is 10.8. The van der Waals surface area contributed by atoms with Crippen molar-refractivity contribution < 1.29 is 4.79 Å². The Hall–Kier alpha value is -2.67. The van der Waals surface area contributed by atoms with E-state index >= 15 is 0 Å². The van der Waals surface area contributed by atoms with Gasteiger partial charge < -0.3 is 5.32 Å². The van der Waals surface area contributed by atoms with E-state index in [0.717, 1.165) is 47.5 Å². The second-order valence-corrected chi connectivity index (χ2v) is 8.98. The second kappa shape index (κ2) is 7.63. The molecule has 6 nitrogen and oxygen atoms in total. The summed E-state index contributed by atoms with van der Waals surface area (Å²) >= 11 is 1.37. The lowest BCUT2D eigenvalue weighted by Crippen LogP contribution is -2.24. The number of nitrogens with zero attached hydrogens (tertiary/aromatic N) is 2. The van der Waals surface area contributed by atoms with Gasteiger partial charge in [0.2, 0.25) is 0 Å². The number of benzene rings is 1. The topological polar surface area (TPSA) is 76.0 Å². The van der Waals surface area contributed by atoms with Crippen molar-refractivity contribution in [3.8, 4) is 0 Å². The molecule has 0 spiro atoms. The molecule has 1 aliphatic heterocycles. The van der Waals surface area contributed by atoms with Crippen molar-refractivity contribution in [1.29, 1.82) is 0 Å². The van der Waals surface area contributed by atoms with Gasteiger partial charge in [-0.25, -0.2) is 9.78 Å². The maximum absolute atomic E-state index is 13.1. The van der Waals surface area contributed by atoms with Crippen LogP contribution in [0.1, 0.15) is 42.3 Å². The summed E-state index contributed by atoms with van der Waals surface area (Å²) in [6.45, 7) is 8.80. The highest BCUT2D eigenvalue weighted by atomic mass is 32.1. The molecule has 29 heavy (non-hydrogen) atoms. The van der Waals surface area contributed by atoms with Crippen LogP contribution in [0.3, 0.4) is 0 Å². The minimum atomic E-state index is -0.316. The summed E-state index contributed by atoms with van der Waals surface area (Å²) in [7, 11) is 0. The number of aryl methyl sites for hydroxylation is 3. The highest BCUT2D eigenvalue weighted by Gasteiger charge is 2.21. The Bertz CT molecular complexity index is 1160. The normalized spacial score (nSPS) is 16.3. The Morgan fingerprint density at radius 1 is 1.17 bits per heavy atom. The molecule has 1 aliphatic rings. The Labute approximate surface area is 174 Å². The van der Waals surface area contributed by atoms with Gasteiger partial charge in [-0.1, -0.05) is 30.4 Å². The molecule has 3 aromatic rings. The van der Waals surface area contributed by atoms with Gasteiger partial charge in [-0.2, -0.15) is 0 Å². The first kappa shape index (κ1) is 19.6. The molecule has 1 aromatic carbocycles. The van der Waals surface area contributed by atoms with E-state index in [1.165, 1.54) is 11.3 Å². The van der Waals surface area contributed by atoms with Crippen LogP contribution >= 0.6 is 11.3 Å². The number of carbonyl (C=O) groups excluding carboxylic acids is 1. The number of anilines is 2. The van der Waals surface area contributed by atoms with E-state index in [9.17, 15) is 9.59 Å². The number of hydrogen-bond acceptors (Lipinski definition) is 4. The number of thiophene rings is 1. The van der Waals surface area contributed by atoms with Gasteiger partial charge in [0.1, 0.15) is 15.7 Å². The van der Waals surface area contributed by atoms with Gasteiger partial charge in [0.15, 0.2) is 0 Å². The molecule has 7 heteroatoms. The van der Waals surface area contributed by atoms with Crippen LogP contribution in [-0.2, 0) is 13.0 Å². The molecule has 0 aliphatic carbocycles. The van der Waals surface area contributed by atoms with E-state index in [4.69, 9.17) is 4.98 Å². The Morgan fingerprint density at radius 3 is 2.76 bits per heavy atom. The number of rotatable bonds is 2. The van der Waals surface area contributed by atoms with Crippen molar-refractivity contribution in [3.05, 3.63) is 51.1 Å². The molecular weight excluding hydrogens is 384 g/mol. The van der Waals surface area contributed by atoms with Crippen LogP contribution in [0.15, 0.2) is 23.0 Å². The second-order valence-electron chi connectivity index (χ2n) is 7.98. The summed E-state index contributed by atoms with van der Waals surface area (Å²) in [5.41, 5.74) is 3.73. The Balaban J connectivity index is 1.64. The monoisotopic (exact) mass is 410 g/mol. The number of fused-ring (bicyclic) bond motifs is 2. The molecular formula is C22H26N4O2S. The summed E-state index contributed by atoms with van der Waals surface area (Å²) in [6.07, 6.45) is 2.86. The molecule has 1 atom stereocenters. The Kier molecular flexibility index (Phi) is 5.17. The maximum atomic E-state index is 13.1. The molecule has 152 valence electrons. The predicted molar refractivity (Wildman–Crippen MR) is 119 cm³/mol. The fourth-order valence-corrected chi connectivity index (χ4v) is 4.90. The van der Waals surface area contributed by atoms with Crippen molar-refractivity contribution >= 4 is 38.3 Å². The maximum Gasteiger partial charge on any atom is 0.324 e. The zero-order valence-electron chi connectivity index (χ0n) is 17.3. The van der Waals surface area contributed by atoms with Gasteiger partial charge in [-0.3, -0.25) is 14.7 Å². The quantitative estimate of drug-likeness (QED) is 0.624. The van der Waals surface area contributed by atoms with Gasteiger partial charge in [-0.05, 0) is 62.3 Å². The number of aromatic nitrogens is 2. The van der Waals surface area contributed by atoms with E-state index in [-0.39, 0.29) is 11.6 Å². The van der Waals surface area contributed by atoms with Crippen molar-refractivity contribution in [2.75, 3.05) is 10.6 Å². The zero-order chi connectivity index (χ0) is 20.7. The third-order valence-electron chi connectivity index (χ3n) is 5.92. The van der Waals surface area contributed by atoms with Crippen LogP contribution in [0.25, 0.3) is 10.2 Å². The number of carbonyl (C=O) groups is 1. The first-order chi connectivity index (χ1) is 13.8. The van der Waals surface area contributed by atoms with Crippen LogP contribution in [0, 0.1) is 26.7 Å². The smallest absolute Gasteiger partial charge is 0.307 e. The fraction of sp³-hybridized carbons (Fsp3) is 0.409. The van der Waals surface area contributed by atoms with Crippen molar-refractivity contribution in [1.82, 2.24) is 9.55 Å². The minimum Gasteiger partial charge on any atom is -0.307 e. The molecule has 0 saturated carbocycles. The zero-order valence-corrected chi connectivity index (χ0v) is 18.1. The van der Waals surface area contributed by atoms with Gasteiger partial charge in [0.05, 0.1) is 5.39 Å². The Morgan fingerprint density at radius 2 is 1.97 bits per heavy atom. The molecule has 3 heterocycles. The van der Waals surface area contributed by atoms with Crippen molar-refractivity contribution in [2.45, 2.75) is 53.5 Å². The van der Waals surface area contributed by atoms with Crippen LogP contribution < -0.4 is 16.2 Å². The van der Waals surface area contributed by atoms with Crippen LogP contribution in [0.4, 0.5) is 15.5 Å². The standard InChI is InChI=1S/C22H26N4O2S/c1-12-8-9-17-24-20-18(21(27)26(17)11-10-12)15(4)19(29-20)25-22(28)23-16-7-5-6-13(2)14(16)3/h5-7,12H,8-11H2,1-4H3,(H2,23,25,28)/t12-/m1/s1. The summed E-state index contributed by atoms with van der Waals surface area (Å²) in [6, 6.07) is 5.50. The lowest BCUT2D eigenvalue weighted by molar-refractivity contribution is 0.262. The highest BCUT2D eigenvalue weighted by Crippen LogP contribution is 2.33. The minimum absolute atomic E-state index is 0.0100. The number of urea groups is 1. The van der Waals surface area contributed by atoms with E-state index in [1.54, 1.807) is 0 Å². The molecule has 0 fully saturated rings. The molecule has 2 amide bonds. The number of amides is 2. The highest BCUT2D eigenvalue weighted by molar-refractivity contribution is 7.22. The fourth-order valence-electron chi connectivity index (χ4n) is 3.81. The molecule has 0 saturated heterocycles. The largest absolute Gasteiger partial charge is 0.324 e. The lowest BCUT2D eigenvalue weighted by Gasteiger charge is -2.11. The summed E-state index contributed by atoms with van der Waals surface area (Å²) < 4.78 is 1.82. The number of hydrogen-bond donors (Lipinski definition) is 2. The van der Waals surface area contributed by atoms with E-state index in [0.29, 0.717) is 27.7 Å². The SMILES string of the molecule is Cc1cccc(NC(=O)Nc2sc3nc4n(c(=O)c3c2C)CC[C@H](C)CC4)c1C. The van der Waals surface area contributed by atoms with Crippen LogP contribution in [0.5, 0.6) is 0 Å². The van der Waals surface area contributed by atoms with Gasteiger partial charge in [0, 0.05) is 18.7 Å². The predicted octanol–water partition coefficient (Wildman–Crippen LogP) is 5.00. The summed E-state index contributed by atoms with van der Waals surface area (Å²) in [5.74, 6) is 1.46. The average Bonchev–Trinajstić information content (AvgIpc) is 2.85. The molecule has 0 radical (unpaired) electrons. The molecule has 4 rings (SSSR count). The molecule has 0 bridgehead atoms. The van der Waals surface area contributed by atoms with Gasteiger partial charge >= 0.3 is 6.03 Å². The average molecular weight is 411 g/mol. The lowest BCUT2D eigenvalue weighted by atomic mass is 10.0. The third kappa shape index (κ3) is 3.67. The molecule has 2 aromatic heterocycles. The number of nitrogens with one attached hydrogen (secondary N) is 2. The van der Waals surface area contributed by atoms with Crippen molar-refractivity contribution in [2.24, 2.45) is 5.92 Å². The van der Waals surface area contributed by atoms with E-state index in [1.807, 2.05) is 43.5 Å². The molecule has 2 N–H and O–H groups in total. The van der Waals surface area contributed by atoms with Gasteiger partial charge in [-0.15, -0.1) is 0 Å². The van der Waals surface area contributed by atoms with E-state index < -0.39 is 0 Å². The third-order valence-corrected chi connectivity index (χ3v) is 7.02. The first-order valence-electron chi connectivity index (χ1n) is 10.0. The van der Waals surface area contributed by atoms with E-state index in [2.05, 4.69) is 17.6 Å². The van der Waals surface area contributed by atoms with Crippen LogP contribution in [0.2, 0.25) is 0 Å². The van der Waals surface area contributed by atoms with Gasteiger partial charge in [0.25, 0.3) is 5.56 Å². The van der Waals surface area contributed by atoms with Crippen molar-refractivity contribution in [3.63, 3.8) is 0 Å². The molecule has 0 unspecified atom stereocenters. The summed E-state index contributed by atoms with van der Waals surface area (Å²) in [4.78, 5) is 31.2. The summed E-state index contributed by atoms with van der Waals surface area (Å²) in [5, 5.41) is 7.11.